The number of aromatic nitrogens is 3. The van der Waals surface area contributed by atoms with Crippen LogP contribution in [0, 0.1) is 0 Å². The van der Waals surface area contributed by atoms with Crippen molar-refractivity contribution in [3.05, 3.63) is 36.2 Å². The molecule has 9 heteroatoms. The monoisotopic (exact) mass is 315 g/mol. The van der Waals surface area contributed by atoms with Crippen molar-refractivity contribution in [1.29, 1.82) is 0 Å². The van der Waals surface area contributed by atoms with Gasteiger partial charge < -0.3 is 9.47 Å². The number of ether oxygens (including phenoxy) is 2. The van der Waals surface area contributed by atoms with Crippen molar-refractivity contribution in [2.45, 2.75) is 12.6 Å². The maximum Gasteiger partial charge on any atom is 0.416 e. The van der Waals surface area contributed by atoms with Crippen molar-refractivity contribution < 1.29 is 27.4 Å². The zero-order valence-electron chi connectivity index (χ0n) is 11.5. The third-order valence-corrected chi connectivity index (χ3v) is 2.67. The third-order valence-electron chi connectivity index (χ3n) is 2.67. The molecule has 0 bridgehead atoms. The molecule has 1 aromatic heterocycles. The van der Waals surface area contributed by atoms with Gasteiger partial charge in [-0.05, 0) is 18.2 Å². The highest BCUT2D eigenvalue weighted by Gasteiger charge is 2.30. The molecule has 0 unspecified atom stereocenters. The summed E-state index contributed by atoms with van der Waals surface area (Å²) in [4.78, 5) is 14.7. The average molecular weight is 315 g/mol. The van der Waals surface area contributed by atoms with E-state index in [1.807, 2.05) is 0 Å². The van der Waals surface area contributed by atoms with Crippen LogP contribution in [0.3, 0.4) is 0 Å². The second-order valence-electron chi connectivity index (χ2n) is 4.19. The van der Waals surface area contributed by atoms with E-state index < -0.39 is 17.7 Å². The molecule has 0 amide bonds. The molecule has 0 saturated heterocycles. The van der Waals surface area contributed by atoms with Gasteiger partial charge in [-0.2, -0.15) is 18.2 Å². The van der Waals surface area contributed by atoms with Crippen LogP contribution in [0.5, 0.6) is 6.01 Å². The number of hydrogen-bond acceptors (Lipinski definition) is 5. The molecule has 0 radical (unpaired) electrons. The number of benzene rings is 1. The summed E-state index contributed by atoms with van der Waals surface area (Å²) in [5.74, 6) is -0.447. The summed E-state index contributed by atoms with van der Waals surface area (Å²) >= 11 is 0. The lowest BCUT2D eigenvalue weighted by Crippen LogP contribution is -2.08. The molecule has 0 saturated carbocycles. The largest absolute Gasteiger partial charge is 0.469 e. The highest BCUT2D eigenvalue weighted by molar-refractivity contribution is 5.69. The zero-order valence-corrected chi connectivity index (χ0v) is 11.5. The van der Waals surface area contributed by atoms with Crippen molar-refractivity contribution in [1.82, 2.24) is 14.8 Å². The normalized spacial score (nSPS) is 11.3. The quantitative estimate of drug-likeness (QED) is 0.792. The fraction of sp³-hybridized carbons (Fsp3) is 0.308. The van der Waals surface area contributed by atoms with Gasteiger partial charge in [-0.1, -0.05) is 6.07 Å². The van der Waals surface area contributed by atoms with Crippen molar-refractivity contribution in [3.8, 4) is 11.7 Å². The van der Waals surface area contributed by atoms with Gasteiger partial charge in [-0.3, -0.25) is 4.79 Å². The SMILES string of the molecule is COC(=O)CCOc1ncn(-c2cccc(C(F)(F)F)c2)n1. The number of esters is 1. The summed E-state index contributed by atoms with van der Waals surface area (Å²) < 4.78 is 48.7. The first-order chi connectivity index (χ1) is 10.4. The predicted octanol–water partition coefficient (Wildman–Crippen LogP) is 2.23. The fourth-order valence-corrected chi connectivity index (χ4v) is 1.59. The molecule has 0 aliphatic rings. The first kappa shape index (κ1) is 15.8. The summed E-state index contributed by atoms with van der Waals surface area (Å²) in [5.41, 5.74) is -0.584. The Morgan fingerprint density at radius 2 is 2.14 bits per heavy atom. The van der Waals surface area contributed by atoms with E-state index in [4.69, 9.17) is 4.74 Å². The lowest BCUT2D eigenvalue weighted by atomic mass is 10.2. The number of hydrogen-bond donors (Lipinski definition) is 0. The first-order valence-corrected chi connectivity index (χ1v) is 6.19. The molecule has 22 heavy (non-hydrogen) atoms. The van der Waals surface area contributed by atoms with Crippen LogP contribution in [0.25, 0.3) is 5.69 Å². The van der Waals surface area contributed by atoms with E-state index >= 15 is 0 Å². The van der Waals surface area contributed by atoms with Crippen LogP contribution in [-0.2, 0) is 15.7 Å². The molecule has 0 spiro atoms. The van der Waals surface area contributed by atoms with E-state index in [0.29, 0.717) is 0 Å². The van der Waals surface area contributed by atoms with Crippen LogP contribution in [0.4, 0.5) is 13.2 Å². The Hall–Kier alpha value is -2.58. The van der Waals surface area contributed by atoms with Gasteiger partial charge in [-0.25, -0.2) is 4.68 Å². The van der Waals surface area contributed by atoms with E-state index in [-0.39, 0.29) is 24.7 Å². The number of carbonyl (C=O) groups is 1. The minimum absolute atomic E-state index is 0.0132. The van der Waals surface area contributed by atoms with Crippen molar-refractivity contribution >= 4 is 5.97 Å². The van der Waals surface area contributed by atoms with Crippen LogP contribution in [0.1, 0.15) is 12.0 Å². The molecule has 0 aliphatic heterocycles. The van der Waals surface area contributed by atoms with Gasteiger partial charge in [0.05, 0.1) is 24.8 Å². The highest BCUT2D eigenvalue weighted by atomic mass is 19.4. The summed E-state index contributed by atoms with van der Waals surface area (Å²) in [7, 11) is 1.25. The molecule has 1 heterocycles. The van der Waals surface area contributed by atoms with Gasteiger partial charge in [0, 0.05) is 0 Å². The number of halogens is 3. The second-order valence-corrected chi connectivity index (χ2v) is 4.19. The Bertz CT molecular complexity index is 655. The minimum atomic E-state index is -4.43. The zero-order chi connectivity index (χ0) is 16.2. The number of alkyl halides is 3. The molecular formula is C13H12F3N3O3. The van der Waals surface area contributed by atoms with Gasteiger partial charge in [-0.15, -0.1) is 5.10 Å². The lowest BCUT2D eigenvalue weighted by Gasteiger charge is -2.08. The fourth-order valence-electron chi connectivity index (χ4n) is 1.59. The Morgan fingerprint density at radius 1 is 1.36 bits per heavy atom. The first-order valence-electron chi connectivity index (χ1n) is 6.19. The van der Waals surface area contributed by atoms with Crippen LogP contribution < -0.4 is 4.74 Å². The number of methoxy groups -OCH3 is 1. The topological polar surface area (TPSA) is 66.2 Å². The Morgan fingerprint density at radius 3 is 2.82 bits per heavy atom. The number of rotatable bonds is 5. The van der Waals surface area contributed by atoms with Crippen LogP contribution >= 0.6 is 0 Å². The van der Waals surface area contributed by atoms with Crippen molar-refractivity contribution in [3.63, 3.8) is 0 Å². The van der Waals surface area contributed by atoms with E-state index in [2.05, 4.69) is 14.8 Å². The Kier molecular flexibility index (Phi) is 4.64. The summed E-state index contributed by atoms with van der Waals surface area (Å²) in [6.45, 7) is 0.0132. The third kappa shape index (κ3) is 3.96. The molecule has 2 rings (SSSR count). The van der Waals surface area contributed by atoms with Gasteiger partial charge in [0.15, 0.2) is 0 Å². The summed E-state index contributed by atoms with van der Waals surface area (Å²) in [5, 5.41) is 3.89. The molecule has 118 valence electrons. The van der Waals surface area contributed by atoms with E-state index in [1.54, 1.807) is 0 Å². The number of nitrogens with zero attached hydrogens (tertiary/aromatic N) is 3. The molecule has 0 fully saturated rings. The van der Waals surface area contributed by atoms with Gasteiger partial charge in [0.25, 0.3) is 0 Å². The predicted molar refractivity (Wildman–Crippen MR) is 68.5 cm³/mol. The van der Waals surface area contributed by atoms with Crippen LogP contribution in [-0.4, -0.2) is 34.5 Å². The molecule has 0 aliphatic carbocycles. The maximum atomic E-state index is 12.7. The number of carbonyl (C=O) groups excluding carboxylic acids is 1. The van der Waals surface area contributed by atoms with Crippen molar-refractivity contribution in [2.24, 2.45) is 0 Å². The summed E-state index contributed by atoms with van der Waals surface area (Å²) in [6, 6.07) is 4.61. The molecule has 0 atom stereocenters. The highest BCUT2D eigenvalue weighted by Crippen LogP contribution is 2.30. The lowest BCUT2D eigenvalue weighted by molar-refractivity contribution is -0.141. The van der Waals surface area contributed by atoms with E-state index in [9.17, 15) is 18.0 Å². The molecule has 2 aromatic rings. The molecule has 0 N–H and O–H groups in total. The molecule has 1 aromatic carbocycles. The minimum Gasteiger partial charge on any atom is -0.469 e. The Labute approximate surface area is 123 Å². The molecular weight excluding hydrogens is 303 g/mol. The van der Waals surface area contributed by atoms with E-state index in [0.717, 1.165) is 16.8 Å². The van der Waals surface area contributed by atoms with Crippen LogP contribution in [0.15, 0.2) is 30.6 Å². The molecule has 6 nitrogen and oxygen atoms in total. The Balaban J connectivity index is 2.07. The standard InChI is InChI=1S/C13H12F3N3O3/c1-21-11(20)5-6-22-12-17-8-19(18-12)10-4-2-3-9(7-10)13(14,15)16/h2-4,7-8H,5-6H2,1H3. The maximum absolute atomic E-state index is 12.7. The van der Waals surface area contributed by atoms with Gasteiger partial charge in [0.1, 0.15) is 12.9 Å². The van der Waals surface area contributed by atoms with Gasteiger partial charge in [0.2, 0.25) is 0 Å². The average Bonchev–Trinajstić information content (AvgIpc) is 2.95. The van der Waals surface area contributed by atoms with Crippen LogP contribution in [0.2, 0.25) is 0 Å². The van der Waals surface area contributed by atoms with Crippen molar-refractivity contribution in [2.75, 3.05) is 13.7 Å². The van der Waals surface area contributed by atoms with Gasteiger partial charge >= 0.3 is 18.2 Å². The smallest absolute Gasteiger partial charge is 0.416 e. The second kappa shape index (κ2) is 6.46. The van der Waals surface area contributed by atoms with E-state index in [1.165, 1.54) is 25.6 Å². The summed E-state index contributed by atoms with van der Waals surface area (Å²) in [6.07, 6.45) is -3.19.